The minimum atomic E-state index is -0.222. The molecular formula is C16H21NO2. The normalized spacial score (nSPS) is 11.1. The van der Waals surface area contributed by atoms with E-state index >= 15 is 0 Å². The molecule has 2 N–H and O–H groups in total. The van der Waals surface area contributed by atoms with Crippen LogP contribution in [0.3, 0.4) is 0 Å². The second-order valence-corrected chi connectivity index (χ2v) is 5.12. The highest BCUT2D eigenvalue weighted by molar-refractivity contribution is 5.86. The lowest BCUT2D eigenvalue weighted by atomic mass is 10.0. The molecule has 19 heavy (non-hydrogen) atoms. The number of hydrogen-bond acceptors (Lipinski definition) is 2. The zero-order valence-electron chi connectivity index (χ0n) is 11.6. The summed E-state index contributed by atoms with van der Waals surface area (Å²) in [5.41, 5.74) is 2.08. The molecule has 0 aliphatic rings. The third-order valence-electron chi connectivity index (χ3n) is 3.60. The van der Waals surface area contributed by atoms with E-state index in [1.54, 1.807) is 6.92 Å². The fourth-order valence-corrected chi connectivity index (χ4v) is 2.33. The number of unbranched alkanes of at least 4 members (excludes halogenated alkanes) is 3. The van der Waals surface area contributed by atoms with Crippen molar-refractivity contribution in [1.29, 1.82) is 0 Å². The highest BCUT2D eigenvalue weighted by Crippen LogP contribution is 2.25. The summed E-state index contributed by atoms with van der Waals surface area (Å²) in [4.78, 5) is 14.4. The van der Waals surface area contributed by atoms with Crippen LogP contribution in [0.25, 0.3) is 10.9 Å². The first-order chi connectivity index (χ1) is 9.13. The lowest BCUT2D eigenvalue weighted by molar-refractivity contribution is 0.476. The van der Waals surface area contributed by atoms with Crippen LogP contribution in [0.15, 0.2) is 23.0 Å². The lowest BCUT2D eigenvalue weighted by Gasteiger charge is -2.07. The maximum Gasteiger partial charge on any atom is 0.255 e. The summed E-state index contributed by atoms with van der Waals surface area (Å²) in [5.74, 6) is 0.106. The first kappa shape index (κ1) is 13.7. The Labute approximate surface area is 113 Å². The van der Waals surface area contributed by atoms with E-state index in [0.29, 0.717) is 11.1 Å². The molecule has 0 saturated heterocycles. The van der Waals surface area contributed by atoms with Gasteiger partial charge in [-0.1, -0.05) is 32.3 Å². The van der Waals surface area contributed by atoms with Crippen molar-refractivity contribution in [2.45, 2.75) is 46.0 Å². The Hall–Kier alpha value is -1.77. The van der Waals surface area contributed by atoms with E-state index in [0.717, 1.165) is 11.8 Å². The van der Waals surface area contributed by atoms with E-state index in [-0.39, 0.29) is 11.3 Å². The summed E-state index contributed by atoms with van der Waals surface area (Å²) in [5, 5.41) is 10.8. The summed E-state index contributed by atoms with van der Waals surface area (Å²) in [7, 11) is 0. The van der Waals surface area contributed by atoms with Crippen LogP contribution in [0.5, 0.6) is 5.75 Å². The van der Waals surface area contributed by atoms with Gasteiger partial charge in [-0.3, -0.25) is 4.79 Å². The molecule has 0 amide bonds. The summed E-state index contributed by atoms with van der Waals surface area (Å²) >= 11 is 0. The molecule has 0 aliphatic carbocycles. The van der Waals surface area contributed by atoms with E-state index < -0.39 is 0 Å². The molecule has 1 heterocycles. The molecule has 0 bridgehead atoms. The van der Waals surface area contributed by atoms with E-state index in [1.807, 2.05) is 18.2 Å². The second kappa shape index (κ2) is 5.91. The summed E-state index contributed by atoms with van der Waals surface area (Å²) in [6.45, 7) is 3.84. The van der Waals surface area contributed by atoms with Crippen molar-refractivity contribution in [3.05, 3.63) is 39.7 Å². The van der Waals surface area contributed by atoms with Crippen molar-refractivity contribution in [3.8, 4) is 5.75 Å². The molecule has 2 rings (SSSR count). The Bertz CT molecular complexity index is 628. The highest BCUT2D eigenvalue weighted by Gasteiger charge is 2.08. The maximum absolute atomic E-state index is 11.6. The van der Waals surface area contributed by atoms with Crippen LogP contribution < -0.4 is 5.56 Å². The van der Waals surface area contributed by atoms with Gasteiger partial charge in [-0.05, 0) is 37.5 Å². The SMILES string of the molecule is CCCCCCc1ccc2[nH]c(=O)c(C)c(O)c2c1. The Morgan fingerprint density at radius 2 is 2.00 bits per heavy atom. The number of aromatic nitrogens is 1. The number of nitrogens with one attached hydrogen (secondary N) is 1. The molecule has 3 heteroatoms. The second-order valence-electron chi connectivity index (χ2n) is 5.12. The number of aryl methyl sites for hydroxylation is 1. The molecule has 1 aromatic heterocycles. The molecule has 1 aromatic carbocycles. The number of aromatic hydroxyl groups is 1. The van der Waals surface area contributed by atoms with Gasteiger partial charge >= 0.3 is 0 Å². The average molecular weight is 259 g/mol. The van der Waals surface area contributed by atoms with Crippen molar-refractivity contribution >= 4 is 10.9 Å². The van der Waals surface area contributed by atoms with Gasteiger partial charge in [-0.2, -0.15) is 0 Å². The largest absolute Gasteiger partial charge is 0.507 e. The molecule has 0 saturated carbocycles. The quantitative estimate of drug-likeness (QED) is 0.805. The van der Waals surface area contributed by atoms with Gasteiger partial charge in [-0.15, -0.1) is 0 Å². The van der Waals surface area contributed by atoms with Crippen LogP contribution in [0.4, 0.5) is 0 Å². The molecule has 3 nitrogen and oxygen atoms in total. The number of fused-ring (bicyclic) bond motifs is 1. The third-order valence-corrected chi connectivity index (χ3v) is 3.60. The molecular weight excluding hydrogens is 238 g/mol. The van der Waals surface area contributed by atoms with Crippen molar-refractivity contribution in [1.82, 2.24) is 4.98 Å². The molecule has 2 aromatic rings. The van der Waals surface area contributed by atoms with Crippen molar-refractivity contribution in [2.24, 2.45) is 0 Å². The van der Waals surface area contributed by atoms with E-state index in [1.165, 1.54) is 31.2 Å². The van der Waals surface area contributed by atoms with Crippen LogP contribution in [0.2, 0.25) is 0 Å². The predicted octanol–water partition coefficient (Wildman–Crippen LogP) is 3.66. The molecule has 102 valence electrons. The Morgan fingerprint density at radius 3 is 2.74 bits per heavy atom. The van der Waals surface area contributed by atoms with Gasteiger partial charge in [0.2, 0.25) is 0 Å². The predicted molar refractivity (Wildman–Crippen MR) is 78.8 cm³/mol. The van der Waals surface area contributed by atoms with E-state index in [2.05, 4.69) is 11.9 Å². The first-order valence-electron chi connectivity index (χ1n) is 6.98. The molecule has 0 atom stereocenters. The van der Waals surface area contributed by atoms with Crippen LogP contribution in [0, 0.1) is 6.92 Å². The van der Waals surface area contributed by atoms with Crippen LogP contribution in [-0.2, 0) is 6.42 Å². The fourth-order valence-electron chi connectivity index (χ4n) is 2.33. The Kier molecular flexibility index (Phi) is 4.25. The van der Waals surface area contributed by atoms with Crippen LogP contribution in [0.1, 0.15) is 43.7 Å². The number of rotatable bonds is 5. The molecule has 0 fully saturated rings. The van der Waals surface area contributed by atoms with Gasteiger partial charge in [0.1, 0.15) is 5.75 Å². The minimum absolute atomic E-state index is 0.106. The number of aromatic amines is 1. The Morgan fingerprint density at radius 1 is 1.21 bits per heavy atom. The number of H-pyrrole nitrogens is 1. The topological polar surface area (TPSA) is 53.1 Å². The summed E-state index contributed by atoms with van der Waals surface area (Å²) in [6, 6.07) is 5.89. The lowest BCUT2D eigenvalue weighted by Crippen LogP contribution is -2.09. The molecule has 0 radical (unpaired) electrons. The highest BCUT2D eigenvalue weighted by atomic mass is 16.3. The third kappa shape index (κ3) is 2.98. The summed E-state index contributed by atoms with van der Waals surface area (Å²) < 4.78 is 0. The van der Waals surface area contributed by atoms with E-state index in [9.17, 15) is 9.90 Å². The molecule has 0 spiro atoms. The van der Waals surface area contributed by atoms with Crippen molar-refractivity contribution in [2.75, 3.05) is 0 Å². The maximum atomic E-state index is 11.6. The number of hydrogen-bond donors (Lipinski definition) is 2. The van der Waals surface area contributed by atoms with Crippen LogP contribution >= 0.6 is 0 Å². The molecule has 0 aliphatic heterocycles. The monoisotopic (exact) mass is 259 g/mol. The van der Waals surface area contributed by atoms with Gasteiger partial charge < -0.3 is 10.1 Å². The number of pyridine rings is 1. The van der Waals surface area contributed by atoms with Gasteiger partial charge in [0.25, 0.3) is 5.56 Å². The average Bonchev–Trinajstić information content (AvgIpc) is 2.42. The first-order valence-corrected chi connectivity index (χ1v) is 6.98. The van der Waals surface area contributed by atoms with Gasteiger partial charge in [0, 0.05) is 5.39 Å². The van der Waals surface area contributed by atoms with Gasteiger partial charge in [0.15, 0.2) is 0 Å². The van der Waals surface area contributed by atoms with Gasteiger partial charge in [-0.25, -0.2) is 0 Å². The zero-order valence-corrected chi connectivity index (χ0v) is 11.6. The minimum Gasteiger partial charge on any atom is -0.507 e. The van der Waals surface area contributed by atoms with Gasteiger partial charge in [0.05, 0.1) is 11.1 Å². The summed E-state index contributed by atoms with van der Waals surface area (Å²) in [6.07, 6.45) is 5.94. The Balaban J connectivity index is 2.27. The number of benzene rings is 1. The zero-order chi connectivity index (χ0) is 13.8. The van der Waals surface area contributed by atoms with Crippen molar-refractivity contribution in [3.63, 3.8) is 0 Å². The van der Waals surface area contributed by atoms with Crippen molar-refractivity contribution < 1.29 is 5.11 Å². The fraction of sp³-hybridized carbons (Fsp3) is 0.438. The standard InChI is InChI=1S/C16H21NO2/c1-3-4-5-6-7-12-8-9-14-13(10-12)15(18)11(2)16(19)17-14/h8-10H,3-7H2,1-2H3,(H2,17,18,19). The smallest absolute Gasteiger partial charge is 0.255 e. The van der Waals surface area contributed by atoms with Crippen LogP contribution in [-0.4, -0.2) is 10.1 Å². The molecule has 0 unspecified atom stereocenters. The van der Waals surface area contributed by atoms with E-state index in [4.69, 9.17) is 0 Å².